The number of benzene rings is 1. The maximum absolute atomic E-state index is 12.0. The Morgan fingerprint density at radius 1 is 1.32 bits per heavy atom. The van der Waals surface area contributed by atoms with Crippen LogP contribution < -0.4 is 11.1 Å². The molecule has 0 aliphatic carbocycles. The number of amides is 1. The summed E-state index contributed by atoms with van der Waals surface area (Å²) in [7, 11) is 0. The maximum atomic E-state index is 12.0. The number of likely N-dealkylation sites (tertiary alicyclic amines) is 1. The summed E-state index contributed by atoms with van der Waals surface area (Å²) in [6.07, 6.45) is 4.04. The molecule has 0 radical (unpaired) electrons. The largest absolute Gasteiger partial charge is 0.397 e. The molecule has 0 bridgehead atoms. The molecule has 3 N–H and O–H groups in total. The van der Waals surface area contributed by atoms with Crippen LogP contribution in [0.2, 0.25) is 0 Å². The lowest BCUT2D eigenvalue weighted by atomic mass is 10.1. The minimum absolute atomic E-state index is 0.237. The molecule has 5 heteroatoms. The Morgan fingerprint density at radius 2 is 2.05 bits per heavy atom. The molecular weight excluding hydrogens is 306 g/mol. The van der Waals surface area contributed by atoms with Gasteiger partial charge in [0.2, 0.25) is 5.91 Å². The number of nitrogen functional groups attached to an aromatic ring is 1. The molecule has 1 fully saturated rings. The van der Waals surface area contributed by atoms with Gasteiger partial charge in [0.1, 0.15) is 0 Å². The van der Waals surface area contributed by atoms with Gasteiger partial charge in [0, 0.05) is 30.5 Å². The number of anilines is 2. The van der Waals surface area contributed by atoms with E-state index in [9.17, 15) is 4.79 Å². The van der Waals surface area contributed by atoms with Crippen molar-refractivity contribution >= 4 is 33.2 Å². The summed E-state index contributed by atoms with van der Waals surface area (Å²) in [6, 6.07) is 5.68. The Hall–Kier alpha value is -1.23. The molecule has 104 valence electrons. The molecule has 0 spiro atoms. The van der Waals surface area contributed by atoms with Crippen molar-refractivity contribution in [1.29, 1.82) is 0 Å². The van der Waals surface area contributed by atoms with Crippen molar-refractivity contribution in [3.8, 4) is 0 Å². The van der Waals surface area contributed by atoms with Gasteiger partial charge in [-0.25, -0.2) is 0 Å². The second kappa shape index (κ2) is 6.80. The van der Waals surface area contributed by atoms with Crippen molar-refractivity contribution in [1.82, 2.24) is 4.90 Å². The fourth-order valence-corrected chi connectivity index (χ4v) is 2.65. The lowest BCUT2D eigenvalue weighted by molar-refractivity contribution is -0.131. The van der Waals surface area contributed by atoms with Crippen molar-refractivity contribution in [2.45, 2.75) is 25.7 Å². The van der Waals surface area contributed by atoms with Crippen LogP contribution in [0.3, 0.4) is 0 Å². The van der Waals surface area contributed by atoms with Crippen LogP contribution in [0.4, 0.5) is 11.4 Å². The summed E-state index contributed by atoms with van der Waals surface area (Å²) < 4.78 is 0.978. The lowest BCUT2D eigenvalue weighted by Crippen LogP contribution is -2.36. The van der Waals surface area contributed by atoms with Crippen LogP contribution in [-0.4, -0.2) is 30.4 Å². The van der Waals surface area contributed by atoms with Crippen LogP contribution in [0.1, 0.15) is 25.7 Å². The van der Waals surface area contributed by atoms with E-state index in [1.807, 2.05) is 23.1 Å². The van der Waals surface area contributed by atoms with Gasteiger partial charge in [0.25, 0.3) is 0 Å². The normalized spacial score (nSPS) is 15.3. The van der Waals surface area contributed by atoms with Crippen molar-refractivity contribution in [3.05, 3.63) is 22.7 Å². The number of halogens is 1. The average Bonchev–Trinajstić information content (AvgIpc) is 2.43. The van der Waals surface area contributed by atoms with Crippen LogP contribution >= 0.6 is 15.9 Å². The molecule has 0 atom stereocenters. The first kappa shape index (κ1) is 14.2. The molecule has 0 saturated carbocycles. The Kier molecular flexibility index (Phi) is 5.07. The minimum Gasteiger partial charge on any atom is -0.397 e. The van der Waals surface area contributed by atoms with Crippen LogP contribution in [0.15, 0.2) is 22.7 Å². The molecule has 1 aliphatic rings. The Balaban J connectivity index is 1.79. The number of hydrogen-bond donors (Lipinski definition) is 2. The van der Waals surface area contributed by atoms with E-state index in [0.29, 0.717) is 18.7 Å². The first-order chi connectivity index (χ1) is 9.16. The molecule has 1 aromatic carbocycles. The van der Waals surface area contributed by atoms with E-state index in [1.54, 1.807) is 0 Å². The van der Waals surface area contributed by atoms with Gasteiger partial charge < -0.3 is 16.0 Å². The highest BCUT2D eigenvalue weighted by atomic mass is 79.9. The van der Waals surface area contributed by atoms with Crippen LogP contribution in [0.25, 0.3) is 0 Å². The fourth-order valence-electron chi connectivity index (χ4n) is 2.29. The predicted octanol–water partition coefficient (Wildman–Crippen LogP) is 2.85. The molecule has 1 amide bonds. The molecule has 1 saturated heterocycles. The highest BCUT2D eigenvalue weighted by Crippen LogP contribution is 2.23. The molecule has 4 nitrogen and oxygen atoms in total. The molecular formula is C14H20BrN3O. The number of hydrogen-bond acceptors (Lipinski definition) is 3. The van der Waals surface area contributed by atoms with E-state index in [2.05, 4.69) is 21.2 Å². The molecule has 1 aliphatic heterocycles. The first-order valence-corrected chi connectivity index (χ1v) is 7.53. The number of piperidine rings is 1. The highest BCUT2D eigenvalue weighted by molar-refractivity contribution is 9.10. The third kappa shape index (κ3) is 4.13. The zero-order chi connectivity index (χ0) is 13.7. The number of carbonyl (C=O) groups is 1. The van der Waals surface area contributed by atoms with Gasteiger partial charge in [-0.15, -0.1) is 0 Å². The van der Waals surface area contributed by atoms with Crippen molar-refractivity contribution in [2.24, 2.45) is 0 Å². The molecule has 19 heavy (non-hydrogen) atoms. The van der Waals surface area contributed by atoms with E-state index in [4.69, 9.17) is 5.73 Å². The van der Waals surface area contributed by atoms with Gasteiger partial charge in [-0.1, -0.05) is 15.9 Å². The van der Waals surface area contributed by atoms with E-state index < -0.39 is 0 Å². The predicted molar refractivity (Wildman–Crippen MR) is 82.1 cm³/mol. The third-order valence-corrected chi connectivity index (χ3v) is 3.87. The van der Waals surface area contributed by atoms with Crippen molar-refractivity contribution < 1.29 is 4.79 Å². The Labute approximate surface area is 122 Å². The van der Waals surface area contributed by atoms with Crippen molar-refractivity contribution in [2.75, 3.05) is 30.7 Å². The molecule has 1 heterocycles. The number of nitrogens with zero attached hydrogens (tertiary/aromatic N) is 1. The zero-order valence-corrected chi connectivity index (χ0v) is 12.6. The van der Waals surface area contributed by atoms with Crippen molar-refractivity contribution in [3.63, 3.8) is 0 Å². The van der Waals surface area contributed by atoms with Gasteiger partial charge in [-0.3, -0.25) is 4.79 Å². The van der Waals surface area contributed by atoms with Gasteiger partial charge >= 0.3 is 0 Å². The van der Waals surface area contributed by atoms with Gasteiger partial charge in [-0.05, 0) is 37.5 Å². The zero-order valence-electron chi connectivity index (χ0n) is 11.0. The monoisotopic (exact) mass is 325 g/mol. The summed E-state index contributed by atoms with van der Waals surface area (Å²) >= 11 is 3.41. The van der Waals surface area contributed by atoms with Crippen LogP contribution in [0.5, 0.6) is 0 Å². The highest BCUT2D eigenvalue weighted by Gasteiger charge is 2.15. The standard InChI is InChI=1S/C14H20BrN3O/c15-11-4-5-12(16)13(10-11)17-7-6-14(19)18-8-2-1-3-9-18/h4-5,10,17H,1-3,6-9,16H2. The summed E-state index contributed by atoms with van der Waals surface area (Å²) in [4.78, 5) is 14.0. The van der Waals surface area contributed by atoms with Gasteiger partial charge in [0.15, 0.2) is 0 Å². The number of nitrogens with two attached hydrogens (primary N) is 1. The Bertz CT molecular complexity index is 444. The van der Waals surface area contributed by atoms with Gasteiger partial charge in [-0.2, -0.15) is 0 Å². The SMILES string of the molecule is Nc1ccc(Br)cc1NCCC(=O)N1CCCCC1. The summed E-state index contributed by atoms with van der Waals surface area (Å²) in [5.41, 5.74) is 7.45. The van der Waals surface area contributed by atoms with E-state index in [1.165, 1.54) is 6.42 Å². The molecule has 2 rings (SSSR count). The van der Waals surface area contributed by atoms with E-state index in [0.717, 1.165) is 36.1 Å². The third-order valence-electron chi connectivity index (χ3n) is 3.38. The number of nitrogens with one attached hydrogen (secondary N) is 1. The average molecular weight is 326 g/mol. The van der Waals surface area contributed by atoms with E-state index in [-0.39, 0.29) is 5.91 Å². The van der Waals surface area contributed by atoms with Crippen LogP contribution in [-0.2, 0) is 4.79 Å². The van der Waals surface area contributed by atoms with Crippen LogP contribution in [0, 0.1) is 0 Å². The van der Waals surface area contributed by atoms with Gasteiger partial charge in [0.05, 0.1) is 11.4 Å². The fraction of sp³-hybridized carbons (Fsp3) is 0.500. The maximum Gasteiger partial charge on any atom is 0.224 e. The summed E-state index contributed by atoms with van der Waals surface area (Å²) in [5.74, 6) is 0.237. The second-order valence-corrected chi connectivity index (χ2v) is 5.77. The lowest BCUT2D eigenvalue weighted by Gasteiger charge is -2.26. The molecule has 0 unspecified atom stereocenters. The Morgan fingerprint density at radius 3 is 2.79 bits per heavy atom. The number of rotatable bonds is 4. The quantitative estimate of drug-likeness (QED) is 0.837. The second-order valence-electron chi connectivity index (χ2n) is 4.85. The minimum atomic E-state index is 0.237. The smallest absolute Gasteiger partial charge is 0.224 e. The molecule has 0 aromatic heterocycles. The first-order valence-electron chi connectivity index (χ1n) is 6.73. The van der Waals surface area contributed by atoms with E-state index >= 15 is 0 Å². The topological polar surface area (TPSA) is 58.4 Å². The summed E-state index contributed by atoms with van der Waals surface area (Å²) in [5, 5.41) is 3.22. The number of carbonyl (C=O) groups excluding carboxylic acids is 1. The molecule has 1 aromatic rings. The summed E-state index contributed by atoms with van der Waals surface area (Å²) in [6.45, 7) is 2.45.